The van der Waals surface area contributed by atoms with Crippen LogP contribution in [0, 0.1) is 0 Å². The van der Waals surface area contributed by atoms with Crippen LogP contribution in [-0.4, -0.2) is 17.1 Å². The van der Waals surface area contributed by atoms with Gasteiger partial charge in [0.05, 0.1) is 0 Å². The molecular weight excluding hydrogens is 166 g/mol. The lowest BCUT2D eigenvalue weighted by Gasteiger charge is -2.07. The van der Waals surface area contributed by atoms with E-state index >= 15 is 0 Å². The minimum Gasteiger partial charge on any atom is -0.480 e. The lowest BCUT2D eigenvalue weighted by Crippen LogP contribution is -2.29. The first kappa shape index (κ1) is 11.9. The largest absolute Gasteiger partial charge is 0.480 e. The maximum atomic E-state index is 10.4. The van der Waals surface area contributed by atoms with E-state index in [2.05, 4.69) is 13.2 Å². The van der Waals surface area contributed by atoms with Crippen molar-refractivity contribution in [1.82, 2.24) is 0 Å². The predicted molar refractivity (Wildman–Crippen MR) is 53.4 cm³/mol. The van der Waals surface area contributed by atoms with Gasteiger partial charge in [0.1, 0.15) is 6.04 Å². The number of rotatable bonds is 7. The van der Waals surface area contributed by atoms with Gasteiger partial charge in [-0.1, -0.05) is 18.2 Å². The Morgan fingerprint density at radius 3 is 2.62 bits per heavy atom. The van der Waals surface area contributed by atoms with Crippen LogP contribution in [0.3, 0.4) is 0 Å². The zero-order valence-corrected chi connectivity index (χ0v) is 7.83. The molecule has 0 spiro atoms. The molecule has 0 aromatic carbocycles. The van der Waals surface area contributed by atoms with E-state index in [-0.39, 0.29) is 0 Å². The van der Waals surface area contributed by atoms with Crippen LogP contribution in [0.25, 0.3) is 0 Å². The molecule has 0 radical (unpaired) electrons. The Balaban J connectivity index is 3.57. The van der Waals surface area contributed by atoms with E-state index in [4.69, 9.17) is 10.8 Å². The van der Waals surface area contributed by atoms with Gasteiger partial charge < -0.3 is 10.8 Å². The van der Waals surface area contributed by atoms with Gasteiger partial charge in [0.25, 0.3) is 0 Å². The quantitative estimate of drug-likeness (QED) is 0.590. The molecule has 0 aliphatic carbocycles. The van der Waals surface area contributed by atoms with Crippen LogP contribution in [0.15, 0.2) is 24.8 Å². The molecule has 0 aromatic heterocycles. The zero-order chi connectivity index (χ0) is 10.3. The van der Waals surface area contributed by atoms with Gasteiger partial charge in [-0.05, 0) is 25.7 Å². The van der Waals surface area contributed by atoms with Crippen molar-refractivity contribution in [2.24, 2.45) is 5.73 Å². The molecule has 0 heterocycles. The summed E-state index contributed by atoms with van der Waals surface area (Å²) in [6, 6.07) is -0.763. The molecule has 0 fully saturated rings. The summed E-state index contributed by atoms with van der Waals surface area (Å²) < 4.78 is 0. The molecule has 13 heavy (non-hydrogen) atoms. The summed E-state index contributed by atoms with van der Waals surface area (Å²) in [5.74, 6) is -0.948. The highest BCUT2D eigenvalue weighted by molar-refractivity contribution is 5.72. The number of hydrogen-bond donors (Lipinski definition) is 2. The molecule has 0 aromatic rings. The summed E-state index contributed by atoms with van der Waals surface area (Å²) >= 11 is 0. The predicted octanol–water partition coefficient (Wildman–Crippen LogP) is 1.70. The molecule has 0 amide bonds. The van der Waals surface area contributed by atoms with E-state index in [9.17, 15) is 4.79 Å². The van der Waals surface area contributed by atoms with E-state index < -0.39 is 12.0 Å². The third-order valence-corrected chi connectivity index (χ3v) is 1.83. The van der Waals surface area contributed by atoms with Crippen LogP contribution < -0.4 is 5.73 Å². The van der Waals surface area contributed by atoms with E-state index in [1.807, 2.05) is 6.08 Å². The van der Waals surface area contributed by atoms with Gasteiger partial charge in [-0.15, -0.1) is 6.58 Å². The highest BCUT2D eigenvalue weighted by atomic mass is 16.4. The van der Waals surface area contributed by atoms with Crippen molar-refractivity contribution in [2.75, 3.05) is 0 Å². The summed E-state index contributed by atoms with van der Waals surface area (Å²) in [7, 11) is 0. The van der Waals surface area contributed by atoms with Gasteiger partial charge in [-0.2, -0.15) is 0 Å². The molecule has 0 bridgehead atoms. The minimum absolute atomic E-state index is 0.464. The molecule has 0 saturated carbocycles. The van der Waals surface area contributed by atoms with Crippen molar-refractivity contribution in [3.05, 3.63) is 24.8 Å². The van der Waals surface area contributed by atoms with Crippen LogP contribution in [0.1, 0.15) is 25.7 Å². The Hall–Kier alpha value is -1.09. The Labute approximate surface area is 78.9 Å². The van der Waals surface area contributed by atoms with Crippen LogP contribution in [-0.2, 0) is 4.79 Å². The number of carboxylic acids is 1. The first-order valence-electron chi connectivity index (χ1n) is 4.34. The molecular formula is C10H17NO2. The monoisotopic (exact) mass is 183 g/mol. The minimum atomic E-state index is -0.948. The van der Waals surface area contributed by atoms with Crippen LogP contribution in [0.5, 0.6) is 0 Å². The maximum absolute atomic E-state index is 10.4. The number of nitrogens with two attached hydrogens (primary N) is 1. The lowest BCUT2D eigenvalue weighted by atomic mass is 10.0. The number of hydrogen-bond acceptors (Lipinski definition) is 2. The van der Waals surface area contributed by atoms with Gasteiger partial charge in [0.15, 0.2) is 0 Å². The van der Waals surface area contributed by atoms with E-state index in [0.29, 0.717) is 12.8 Å². The van der Waals surface area contributed by atoms with E-state index in [1.165, 1.54) is 0 Å². The maximum Gasteiger partial charge on any atom is 0.320 e. The third-order valence-electron chi connectivity index (χ3n) is 1.83. The van der Waals surface area contributed by atoms with Crippen LogP contribution in [0.2, 0.25) is 0 Å². The average molecular weight is 183 g/mol. The third kappa shape index (κ3) is 6.11. The first-order valence-corrected chi connectivity index (χ1v) is 4.34. The fourth-order valence-corrected chi connectivity index (χ4v) is 0.914. The highest BCUT2D eigenvalue weighted by Crippen LogP contribution is 2.11. The molecule has 74 valence electrons. The van der Waals surface area contributed by atoms with Crippen molar-refractivity contribution in [2.45, 2.75) is 31.7 Å². The first-order chi connectivity index (χ1) is 6.07. The van der Waals surface area contributed by atoms with Crippen LogP contribution >= 0.6 is 0 Å². The Bertz CT molecular complexity index is 199. The highest BCUT2D eigenvalue weighted by Gasteiger charge is 2.10. The summed E-state index contributed by atoms with van der Waals surface area (Å²) in [4.78, 5) is 10.4. The molecule has 0 aliphatic rings. The van der Waals surface area contributed by atoms with Crippen molar-refractivity contribution >= 4 is 5.97 Å². The van der Waals surface area contributed by atoms with Gasteiger partial charge in [0.2, 0.25) is 0 Å². The van der Waals surface area contributed by atoms with Gasteiger partial charge in [-0.25, -0.2) is 0 Å². The summed E-state index contributed by atoms with van der Waals surface area (Å²) in [5, 5.41) is 8.50. The molecule has 0 rings (SSSR count). The molecule has 0 unspecified atom stereocenters. The summed E-state index contributed by atoms with van der Waals surface area (Å²) in [6.07, 6.45) is 4.73. The normalized spacial score (nSPS) is 12.1. The molecule has 1 atom stereocenters. The fourth-order valence-electron chi connectivity index (χ4n) is 0.914. The lowest BCUT2D eigenvalue weighted by molar-refractivity contribution is -0.138. The summed E-state index contributed by atoms with van der Waals surface area (Å²) in [5.41, 5.74) is 6.37. The molecule has 0 saturated heterocycles. The topological polar surface area (TPSA) is 63.3 Å². The second-order valence-corrected chi connectivity index (χ2v) is 3.06. The van der Waals surface area contributed by atoms with Crippen molar-refractivity contribution < 1.29 is 9.90 Å². The molecule has 3 nitrogen and oxygen atoms in total. The van der Waals surface area contributed by atoms with E-state index in [0.717, 1.165) is 18.4 Å². The van der Waals surface area contributed by atoms with Gasteiger partial charge in [-0.3, -0.25) is 4.79 Å². The van der Waals surface area contributed by atoms with Crippen LogP contribution in [0.4, 0.5) is 0 Å². The second-order valence-electron chi connectivity index (χ2n) is 3.06. The zero-order valence-electron chi connectivity index (χ0n) is 7.83. The SMILES string of the molecule is C=CCCC(=C)CC[C@H](N)C(=O)O. The van der Waals surface area contributed by atoms with Crippen molar-refractivity contribution in [1.29, 1.82) is 0 Å². The summed E-state index contributed by atoms with van der Waals surface area (Å²) in [6.45, 7) is 7.42. The van der Waals surface area contributed by atoms with Crippen molar-refractivity contribution in [3.8, 4) is 0 Å². The number of carboxylic acid groups (broad SMARTS) is 1. The molecule has 3 heteroatoms. The number of carbonyl (C=O) groups is 1. The standard InChI is InChI=1S/C10H17NO2/c1-3-4-5-8(2)6-7-9(11)10(12)13/h3,9H,1-2,4-7,11H2,(H,12,13)/t9-/m0/s1. The second kappa shape index (κ2) is 6.43. The van der Waals surface area contributed by atoms with E-state index in [1.54, 1.807) is 0 Å². The van der Waals surface area contributed by atoms with Gasteiger partial charge >= 0.3 is 5.97 Å². The molecule has 0 aliphatic heterocycles. The smallest absolute Gasteiger partial charge is 0.320 e. The molecule has 3 N–H and O–H groups in total. The Morgan fingerprint density at radius 2 is 2.15 bits per heavy atom. The average Bonchev–Trinajstić information content (AvgIpc) is 2.10. The fraction of sp³-hybridized carbons (Fsp3) is 0.500. The number of allylic oxidation sites excluding steroid dienone is 2. The Kier molecular flexibility index (Phi) is 5.89. The number of aliphatic carboxylic acids is 1. The van der Waals surface area contributed by atoms with Crippen molar-refractivity contribution in [3.63, 3.8) is 0 Å². The van der Waals surface area contributed by atoms with Gasteiger partial charge in [0, 0.05) is 0 Å². The Morgan fingerprint density at radius 1 is 1.54 bits per heavy atom.